The Morgan fingerprint density at radius 1 is 0.827 bits per heavy atom. The van der Waals surface area contributed by atoms with Gasteiger partial charge in [0.1, 0.15) is 5.78 Å². The van der Waals surface area contributed by atoms with Gasteiger partial charge in [-0.05, 0) is 87.9 Å². The van der Waals surface area contributed by atoms with E-state index < -0.39 is 65.9 Å². The molecule has 9 atom stereocenters. The van der Waals surface area contributed by atoms with Crippen LogP contribution in [0.3, 0.4) is 0 Å². The number of benzene rings is 1. The Hall–Kier alpha value is -5.04. The number of unbranched alkanes of at least 4 members (excludes halogenated alkanes) is 2. The molecule has 0 unspecified atom stereocenters. The highest BCUT2D eigenvalue weighted by molar-refractivity contribution is 6.01. The van der Waals surface area contributed by atoms with Crippen LogP contribution in [0.1, 0.15) is 144 Å². The zero-order valence-electron chi connectivity index (χ0n) is 46.8. The molecular formula is C57H88N6O12. The zero-order chi connectivity index (χ0) is 55.1. The predicted molar refractivity (Wildman–Crippen MR) is 283 cm³/mol. The third-order valence-corrected chi connectivity index (χ3v) is 16.1. The summed E-state index contributed by atoms with van der Waals surface area (Å²) in [5.74, 6) is -4.62. The molecule has 3 fully saturated rings. The molecule has 1 N–H and O–H groups in total. The van der Waals surface area contributed by atoms with Crippen LogP contribution in [0.4, 0.5) is 0 Å². The maximum atomic E-state index is 14.8. The quantitative estimate of drug-likeness (QED) is 0.0612. The van der Waals surface area contributed by atoms with Crippen molar-refractivity contribution < 1.29 is 57.5 Å². The molecule has 0 radical (unpaired) electrons. The molecule has 5 rings (SSSR count). The summed E-state index contributed by atoms with van der Waals surface area (Å²) in [6, 6.07) is 6.54. The first-order valence-corrected chi connectivity index (χ1v) is 27.7. The number of imide groups is 1. The van der Waals surface area contributed by atoms with Crippen molar-refractivity contribution in [2.45, 2.75) is 175 Å². The van der Waals surface area contributed by atoms with Gasteiger partial charge in [-0.1, -0.05) is 79.5 Å². The maximum absolute atomic E-state index is 14.8. The average molecular weight is 1050 g/mol. The summed E-state index contributed by atoms with van der Waals surface area (Å²) in [6.45, 7) is 15.8. The number of ether oxygens (including phenoxy) is 2. The van der Waals surface area contributed by atoms with Crippen LogP contribution in [-0.2, 0) is 63.9 Å². The number of para-hydroxylation sites is 1. The van der Waals surface area contributed by atoms with Gasteiger partial charge in [0.05, 0.1) is 49.3 Å². The molecular weight excluding hydrogens is 961 g/mol. The standard InChI is InChI=1S/C57H88N6O12/c1-12-38(6)54(60(9)57(71)43(36(2)3)33-47(65)53(37(4)5)59(8)27-17-13-14-24-52(69)75-63-49(66)25-26-50(63)67)48(72-10)34-51(68)61-28-20-23-45(61)55(73-11)39(7)46(64)32-40(56(70)62-29-18-19-30-74-62)31-41-35-58-44-22-16-15-21-42(41)44/h15-16,21-22,35-40,43,45,48,53-55,58H,12-14,17-20,23-34H2,1-11H3/t38-,39-,40+,43-,45-,48+,53-,54-,55+/m0/s1. The van der Waals surface area contributed by atoms with Gasteiger partial charge in [0, 0.05) is 95.4 Å². The first kappa shape index (κ1) is 60.8. The largest absolute Gasteiger partial charge is 0.379 e. The van der Waals surface area contributed by atoms with E-state index in [1.165, 1.54) is 5.06 Å². The number of amides is 5. The number of rotatable bonds is 30. The molecule has 418 valence electrons. The number of hydrogen-bond acceptors (Lipinski definition) is 13. The first-order chi connectivity index (χ1) is 35.7. The van der Waals surface area contributed by atoms with Gasteiger partial charge in [-0.2, -0.15) is 0 Å². The van der Waals surface area contributed by atoms with Crippen LogP contribution >= 0.6 is 0 Å². The van der Waals surface area contributed by atoms with E-state index in [2.05, 4.69) is 4.98 Å². The summed E-state index contributed by atoms with van der Waals surface area (Å²) in [5.41, 5.74) is 1.90. The molecule has 3 aliphatic heterocycles. The van der Waals surface area contributed by atoms with Crippen LogP contribution in [0.2, 0.25) is 0 Å². The van der Waals surface area contributed by atoms with Gasteiger partial charge in [-0.25, -0.2) is 9.86 Å². The Bertz CT molecular complexity index is 2240. The molecule has 18 nitrogen and oxygen atoms in total. The molecule has 1 aromatic carbocycles. The lowest BCUT2D eigenvalue weighted by atomic mass is 9.83. The number of methoxy groups -OCH3 is 2. The monoisotopic (exact) mass is 1050 g/mol. The molecule has 1 aromatic heterocycles. The van der Waals surface area contributed by atoms with Crippen molar-refractivity contribution in [1.82, 2.24) is 29.8 Å². The van der Waals surface area contributed by atoms with Crippen molar-refractivity contribution in [2.75, 3.05) is 54.6 Å². The summed E-state index contributed by atoms with van der Waals surface area (Å²) in [7, 11) is 6.78. The zero-order valence-corrected chi connectivity index (χ0v) is 46.8. The number of carbonyl (C=O) groups excluding carboxylic acids is 8. The Balaban J connectivity index is 1.22. The van der Waals surface area contributed by atoms with Crippen molar-refractivity contribution in [3.8, 4) is 0 Å². The summed E-state index contributed by atoms with van der Waals surface area (Å²) in [5, 5.41) is 2.98. The Morgan fingerprint density at radius 3 is 2.16 bits per heavy atom. The van der Waals surface area contributed by atoms with Crippen molar-refractivity contribution >= 4 is 58.0 Å². The lowest BCUT2D eigenvalue weighted by Crippen LogP contribution is -2.54. The smallest absolute Gasteiger partial charge is 0.333 e. The minimum absolute atomic E-state index is 0.0140. The molecule has 4 heterocycles. The molecule has 2 aromatic rings. The number of nitrogens with one attached hydrogen (secondary N) is 1. The normalized spacial score (nSPS) is 19.6. The van der Waals surface area contributed by atoms with E-state index in [0.29, 0.717) is 69.8 Å². The number of likely N-dealkylation sites (N-methyl/N-ethyl adjacent to an activating group) is 2. The fourth-order valence-electron chi connectivity index (χ4n) is 11.6. The molecule has 0 saturated carbocycles. The van der Waals surface area contributed by atoms with E-state index in [1.54, 1.807) is 26.2 Å². The highest BCUT2D eigenvalue weighted by Gasteiger charge is 2.44. The Kier molecular flexibility index (Phi) is 23.4. The van der Waals surface area contributed by atoms with Crippen LogP contribution in [0.15, 0.2) is 30.5 Å². The van der Waals surface area contributed by atoms with Crippen LogP contribution in [0.5, 0.6) is 0 Å². The lowest BCUT2D eigenvalue weighted by molar-refractivity contribution is -0.201. The number of fused-ring (bicyclic) bond motifs is 1. The van der Waals surface area contributed by atoms with E-state index in [4.69, 9.17) is 19.1 Å². The van der Waals surface area contributed by atoms with Crippen LogP contribution < -0.4 is 0 Å². The molecule has 3 aliphatic rings. The molecule has 3 saturated heterocycles. The van der Waals surface area contributed by atoms with Crippen LogP contribution in [0.25, 0.3) is 10.9 Å². The second-order valence-corrected chi connectivity index (χ2v) is 22.0. The number of aromatic nitrogens is 1. The van der Waals surface area contributed by atoms with Gasteiger partial charge in [0.25, 0.3) is 11.8 Å². The molecule has 0 bridgehead atoms. The average Bonchev–Trinajstić information content (AvgIpc) is 4.13. The summed E-state index contributed by atoms with van der Waals surface area (Å²) in [6.07, 6.45) is 6.66. The summed E-state index contributed by atoms with van der Waals surface area (Å²) in [4.78, 5) is 128. The third-order valence-electron chi connectivity index (χ3n) is 16.1. The van der Waals surface area contributed by atoms with Crippen LogP contribution in [-0.4, -0.2) is 162 Å². The lowest BCUT2D eigenvalue weighted by Gasteiger charge is -2.41. The number of hydroxylamine groups is 4. The van der Waals surface area contributed by atoms with Crippen molar-refractivity contribution in [1.29, 1.82) is 0 Å². The number of H-pyrrole nitrogens is 1. The number of aromatic amines is 1. The number of likely N-dealkylation sites (tertiary alicyclic amines) is 1. The second-order valence-electron chi connectivity index (χ2n) is 22.0. The van der Waals surface area contributed by atoms with Crippen molar-refractivity contribution in [3.05, 3.63) is 36.0 Å². The fourth-order valence-corrected chi connectivity index (χ4v) is 11.6. The number of nitrogens with zero attached hydrogens (tertiary/aromatic N) is 5. The van der Waals surface area contributed by atoms with Gasteiger partial charge in [-0.15, -0.1) is 5.06 Å². The van der Waals surface area contributed by atoms with E-state index in [0.717, 1.165) is 35.7 Å². The van der Waals surface area contributed by atoms with Crippen LogP contribution in [0, 0.1) is 35.5 Å². The maximum Gasteiger partial charge on any atom is 0.333 e. The number of Topliss-reactive ketones (excluding diaryl/α,β-unsaturated/α-hetero) is 2. The molecule has 0 spiro atoms. The van der Waals surface area contributed by atoms with Gasteiger partial charge in [0.15, 0.2) is 5.78 Å². The van der Waals surface area contributed by atoms with Crippen molar-refractivity contribution in [3.63, 3.8) is 0 Å². The second kappa shape index (κ2) is 28.9. The predicted octanol–water partition coefficient (Wildman–Crippen LogP) is 7.12. The molecule has 0 aliphatic carbocycles. The molecule has 18 heteroatoms. The summed E-state index contributed by atoms with van der Waals surface area (Å²) >= 11 is 0. The van der Waals surface area contributed by atoms with Gasteiger partial charge >= 0.3 is 5.97 Å². The topological polar surface area (TPSA) is 205 Å². The number of hydrogen-bond donors (Lipinski definition) is 1. The van der Waals surface area contributed by atoms with E-state index in [-0.39, 0.29) is 85.6 Å². The third kappa shape index (κ3) is 15.8. The van der Waals surface area contributed by atoms with Gasteiger partial charge in [0.2, 0.25) is 17.7 Å². The van der Waals surface area contributed by atoms with Gasteiger partial charge in [-0.3, -0.25) is 43.3 Å². The SMILES string of the molecule is CC[C@H](C)[C@@H]([C@@H](CC(=O)N1CCC[C@H]1[C@H](OC)[C@@H](C)C(=O)C[C@@H](Cc1c[nH]c2ccccc12)C(=O)N1CCCCO1)OC)N(C)C(=O)[C@@H](CC(=O)[C@H](C(C)C)N(C)CCCCCC(=O)ON1C(=O)CCC1=O)C(C)C. The molecule has 5 amide bonds. The van der Waals surface area contributed by atoms with E-state index >= 15 is 0 Å². The number of ketones is 2. The Morgan fingerprint density at radius 2 is 1.53 bits per heavy atom. The van der Waals surface area contributed by atoms with E-state index in [1.807, 2.05) is 95.8 Å². The molecule has 75 heavy (non-hydrogen) atoms. The highest BCUT2D eigenvalue weighted by Crippen LogP contribution is 2.33. The number of carbonyl (C=O) groups is 8. The van der Waals surface area contributed by atoms with Crippen molar-refractivity contribution in [2.24, 2.45) is 35.5 Å². The fraction of sp³-hybridized carbons (Fsp3) is 0.719. The first-order valence-electron chi connectivity index (χ1n) is 27.7. The summed E-state index contributed by atoms with van der Waals surface area (Å²) < 4.78 is 12.3. The minimum Gasteiger partial charge on any atom is -0.379 e. The van der Waals surface area contributed by atoms with E-state index in [9.17, 15) is 38.4 Å². The Labute approximate surface area is 445 Å². The van der Waals surface area contributed by atoms with Gasteiger partial charge < -0.3 is 29.1 Å². The highest BCUT2D eigenvalue weighted by atomic mass is 16.7. The minimum atomic E-state index is -0.680.